The van der Waals surface area contributed by atoms with Crippen molar-refractivity contribution in [3.8, 4) is 0 Å². The average molecular weight is 250 g/mol. The second kappa shape index (κ2) is 6.47. The van der Waals surface area contributed by atoms with Crippen LogP contribution in [-0.4, -0.2) is 48.7 Å². The smallest absolute Gasteiger partial charge is 0.248 e. The summed E-state index contributed by atoms with van der Waals surface area (Å²) in [6.07, 6.45) is 3.42. The Morgan fingerprint density at radius 3 is 3.28 bits per heavy atom. The van der Waals surface area contributed by atoms with Crippen LogP contribution in [0.1, 0.15) is 18.6 Å². The molecule has 5 heteroatoms. The largest absolute Gasteiger partial charge is 0.372 e. The van der Waals surface area contributed by atoms with E-state index >= 15 is 0 Å². The van der Waals surface area contributed by atoms with Crippen LogP contribution in [0.2, 0.25) is 0 Å². The molecule has 1 saturated heterocycles. The predicted octanol–water partition coefficient (Wildman–Crippen LogP) is 1.02. The highest BCUT2D eigenvalue weighted by Crippen LogP contribution is 2.21. The number of hydrogen-bond acceptors (Lipinski definition) is 4. The molecule has 1 amide bonds. The molecule has 5 nitrogen and oxygen atoms in total. The molecular weight excluding hydrogens is 232 g/mol. The summed E-state index contributed by atoms with van der Waals surface area (Å²) in [6.45, 7) is 4.33. The van der Waals surface area contributed by atoms with Crippen LogP contribution in [0.3, 0.4) is 0 Å². The fraction of sp³-hybridized carbons (Fsp3) is 0.538. The highest BCUT2D eigenvalue weighted by Gasteiger charge is 2.25. The van der Waals surface area contributed by atoms with Crippen LogP contribution in [-0.2, 0) is 14.3 Å². The molecule has 1 aliphatic heterocycles. The van der Waals surface area contributed by atoms with Gasteiger partial charge < -0.3 is 14.4 Å². The van der Waals surface area contributed by atoms with E-state index in [4.69, 9.17) is 9.47 Å². The summed E-state index contributed by atoms with van der Waals surface area (Å²) in [4.78, 5) is 17.7. The van der Waals surface area contributed by atoms with E-state index in [0.29, 0.717) is 26.3 Å². The Morgan fingerprint density at radius 2 is 2.56 bits per heavy atom. The molecule has 0 spiro atoms. The Kier molecular flexibility index (Phi) is 4.66. The zero-order valence-corrected chi connectivity index (χ0v) is 10.5. The molecule has 2 rings (SSSR count). The van der Waals surface area contributed by atoms with Gasteiger partial charge in [0.25, 0.3) is 0 Å². The summed E-state index contributed by atoms with van der Waals surface area (Å²) in [5.41, 5.74) is 1.01. The lowest BCUT2D eigenvalue weighted by atomic mass is 10.1. The van der Waals surface area contributed by atoms with Crippen molar-refractivity contribution < 1.29 is 14.3 Å². The SMILES string of the molecule is CCOCC(=O)N1CCOC(c2cccnc2)C1. The fourth-order valence-electron chi connectivity index (χ4n) is 1.92. The number of rotatable bonds is 4. The second-order valence-electron chi connectivity index (χ2n) is 4.12. The molecule has 1 unspecified atom stereocenters. The summed E-state index contributed by atoms with van der Waals surface area (Å²) in [5, 5.41) is 0. The van der Waals surface area contributed by atoms with Gasteiger partial charge in [0.1, 0.15) is 12.7 Å². The third-order valence-electron chi connectivity index (χ3n) is 2.91. The highest BCUT2D eigenvalue weighted by molar-refractivity contribution is 5.77. The third-order valence-corrected chi connectivity index (χ3v) is 2.91. The molecule has 0 saturated carbocycles. The number of ether oxygens (including phenoxy) is 2. The summed E-state index contributed by atoms with van der Waals surface area (Å²) >= 11 is 0. The van der Waals surface area contributed by atoms with Gasteiger partial charge in [-0.05, 0) is 13.0 Å². The first-order valence-electron chi connectivity index (χ1n) is 6.18. The first-order valence-corrected chi connectivity index (χ1v) is 6.18. The van der Waals surface area contributed by atoms with E-state index in [9.17, 15) is 4.79 Å². The quantitative estimate of drug-likeness (QED) is 0.800. The summed E-state index contributed by atoms with van der Waals surface area (Å²) < 4.78 is 10.8. The predicted molar refractivity (Wildman–Crippen MR) is 66.0 cm³/mol. The van der Waals surface area contributed by atoms with Crippen LogP contribution >= 0.6 is 0 Å². The van der Waals surface area contributed by atoms with E-state index in [-0.39, 0.29) is 18.6 Å². The van der Waals surface area contributed by atoms with Gasteiger partial charge in [0.15, 0.2) is 0 Å². The Bertz CT molecular complexity index is 383. The summed E-state index contributed by atoms with van der Waals surface area (Å²) in [5.74, 6) is 0.0223. The Balaban J connectivity index is 1.94. The molecule has 0 bridgehead atoms. The molecule has 1 atom stereocenters. The monoisotopic (exact) mass is 250 g/mol. The molecular formula is C13H18N2O3. The lowest BCUT2D eigenvalue weighted by Crippen LogP contribution is -2.43. The normalized spacial score (nSPS) is 19.8. The minimum Gasteiger partial charge on any atom is -0.372 e. The van der Waals surface area contributed by atoms with Crippen LogP contribution in [0.4, 0.5) is 0 Å². The number of nitrogens with zero attached hydrogens (tertiary/aromatic N) is 2. The van der Waals surface area contributed by atoms with Crippen molar-refractivity contribution >= 4 is 5.91 Å². The Labute approximate surface area is 107 Å². The lowest BCUT2D eigenvalue weighted by Gasteiger charge is -2.33. The van der Waals surface area contributed by atoms with E-state index in [2.05, 4.69) is 4.98 Å². The van der Waals surface area contributed by atoms with Crippen LogP contribution in [0, 0.1) is 0 Å². The molecule has 0 radical (unpaired) electrons. The van der Waals surface area contributed by atoms with Crippen molar-refractivity contribution in [2.75, 3.05) is 32.9 Å². The number of hydrogen-bond donors (Lipinski definition) is 0. The molecule has 1 fully saturated rings. The van der Waals surface area contributed by atoms with Crippen molar-refractivity contribution in [3.63, 3.8) is 0 Å². The van der Waals surface area contributed by atoms with Crippen molar-refractivity contribution in [2.45, 2.75) is 13.0 Å². The van der Waals surface area contributed by atoms with E-state index in [1.165, 1.54) is 0 Å². The first-order chi connectivity index (χ1) is 8.81. The van der Waals surface area contributed by atoms with Gasteiger partial charge in [0.05, 0.1) is 13.2 Å². The van der Waals surface area contributed by atoms with E-state index in [1.54, 1.807) is 17.3 Å². The maximum Gasteiger partial charge on any atom is 0.248 e. The van der Waals surface area contributed by atoms with Crippen LogP contribution in [0.25, 0.3) is 0 Å². The average Bonchev–Trinajstić information content (AvgIpc) is 2.46. The third kappa shape index (κ3) is 3.27. The second-order valence-corrected chi connectivity index (χ2v) is 4.12. The number of morpholine rings is 1. The molecule has 0 aliphatic carbocycles. The van der Waals surface area contributed by atoms with Crippen LogP contribution in [0.15, 0.2) is 24.5 Å². The lowest BCUT2D eigenvalue weighted by molar-refractivity contribution is -0.143. The van der Waals surface area contributed by atoms with E-state index in [0.717, 1.165) is 5.56 Å². The first kappa shape index (κ1) is 13.0. The zero-order chi connectivity index (χ0) is 12.8. The maximum absolute atomic E-state index is 11.9. The number of carbonyl (C=O) groups is 1. The molecule has 1 aromatic heterocycles. The van der Waals surface area contributed by atoms with Gasteiger partial charge in [0, 0.05) is 31.1 Å². The van der Waals surface area contributed by atoms with Gasteiger partial charge in [-0.1, -0.05) is 6.07 Å². The van der Waals surface area contributed by atoms with Gasteiger partial charge in [0.2, 0.25) is 5.91 Å². The molecule has 2 heterocycles. The van der Waals surface area contributed by atoms with Gasteiger partial charge in [-0.25, -0.2) is 0 Å². The standard InChI is InChI=1S/C13H18N2O3/c1-2-17-10-13(16)15-6-7-18-12(9-15)11-4-3-5-14-8-11/h3-5,8,12H,2,6-7,9-10H2,1H3. The van der Waals surface area contributed by atoms with Crippen LogP contribution < -0.4 is 0 Å². The Morgan fingerprint density at radius 1 is 1.67 bits per heavy atom. The molecule has 98 valence electrons. The minimum absolute atomic E-state index is 0.0223. The van der Waals surface area contributed by atoms with E-state index < -0.39 is 0 Å². The topological polar surface area (TPSA) is 51.7 Å². The summed E-state index contributed by atoms with van der Waals surface area (Å²) in [7, 11) is 0. The molecule has 1 aliphatic rings. The number of amides is 1. The van der Waals surface area contributed by atoms with Crippen molar-refractivity contribution in [1.82, 2.24) is 9.88 Å². The van der Waals surface area contributed by atoms with Crippen molar-refractivity contribution in [3.05, 3.63) is 30.1 Å². The minimum atomic E-state index is -0.0852. The fourth-order valence-corrected chi connectivity index (χ4v) is 1.92. The number of carbonyl (C=O) groups excluding carboxylic acids is 1. The van der Waals surface area contributed by atoms with Crippen LogP contribution in [0.5, 0.6) is 0 Å². The van der Waals surface area contributed by atoms with Crippen molar-refractivity contribution in [1.29, 1.82) is 0 Å². The van der Waals surface area contributed by atoms with Gasteiger partial charge >= 0.3 is 0 Å². The van der Waals surface area contributed by atoms with Gasteiger partial charge in [-0.2, -0.15) is 0 Å². The zero-order valence-electron chi connectivity index (χ0n) is 10.5. The summed E-state index contributed by atoms with van der Waals surface area (Å²) in [6, 6.07) is 3.84. The van der Waals surface area contributed by atoms with E-state index in [1.807, 2.05) is 19.1 Å². The number of aromatic nitrogens is 1. The maximum atomic E-state index is 11.9. The number of pyridine rings is 1. The molecule has 0 N–H and O–H groups in total. The molecule has 0 aromatic carbocycles. The van der Waals surface area contributed by atoms with Gasteiger partial charge in [-0.15, -0.1) is 0 Å². The molecule has 1 aromatic rings. The Hall–Kier alpha value is -1.46. The van der Waals surface area contributed by atoms with Crippen molar-refractivity contribution in [2.24, 2.45) is 0 Å². The molecule has 18 heavy (non-hydrogen) atoms. The van der Waals surface area contributed by atoms with Gasteiger partial charge in [-0.3, -0.25) is 9.78 Å². The highest BCUT2D eigenvalue weighted by atomic mass is 16.5.